The number of nitrogens with zero attached hydrogens (tertiary/aromatic N) is 6. The number of aromatic nitrogens is 5. The molecule has 0 aromatic carbocycles. The predicted molar refractivity (Wildman–Crippen MR) is 96.2 cm³/mol. The third-order valence-electron chi connectivity index (χ3n) is 4.17. The zero-order valence-corrected chi connectivity index (χ0v) is 14.0. The van der Waals surface area contributed by atoms with Gasteiger partial charge in [-0.05, 0) is 24.6 Å². The number of nitrogens with two attached hydrogens (primary N) is 1. The molecule has 0 amide bonds. The highest BCUT2D eigenvalue weighted by Crippen LogP contribution is 2.27. The number of ether oxygens (including phenoxy) is 1. The molecule has 3 aromatic rings. The molecule has 0 atom stereocenters. The molecule has 2 N–H and O–H groups in total. The van der Waals surface area contributed by atoms with Gasteiger partial charge in [0.2, 0.25) is 5.95 Å². The number of allylic oxidation sites excluding steroid dienone is 1. The average Bonchev–Trinajstić information content (AvgIpc) is 3.06. The molecule has 128 valence electrons. The molecular formula is C17H19N7O. The largest absolute Gasteiger partial charge is 0.378 e. The average molecular weight is 337 g/mol. The van der Waals surface area contributed by atoms with Gasteiger partial charge in [0.1, 0.15) is 5.52 Å². The third-order valence-corrected chi connectivity index (χ3v) is 4.17. The number of fused-ring (bicyclic) bond motifs is 1. The van der Waals surface area contributed by atoms with E-state index in [4.69, 9.17) is 15.5 Å². The summed E-state index contributed by atoms with van der Waals surface area (Å²) in [6, 6.07) is 4.04. The third kappa shape index (κ3) is 2.80. The molecule has 0 aliphatic carbocycles. The summed E-state index contributed by atoms with van der Waals surface area (Å²) in [5, 5.41) is 4.68. The molecule has 0 radical (unpaired) electrons. The second kappa shape index (κ2) is 6.14. The first-order valence-corrected chi connectivity index (χ1v) is 8.10. The highest BCUT2D eigenvalue weighted by molar-refractivity contribution is 5.75. The van der Waals surface area contributed by atoms with Crippen molar-refractivity contribution in [2.24, 2.45) is 0 Å². The van der Waals surface area contributed by atoms with E-state index in [2.05, 4.69) is 26.5 Å². The molecule has 25 heavy (non-hydrogen) atoms. The quantitative estimate of drug-likeness (QED) is 0.776. The monoisotopic (exact) mass is 337 g/mol. The van der Waals surface area contributed by atoms with Crippen molar-refractivity contribution in [1.29, 1.82) is 0 Å². The molecule has 1 fully saturated rings. The van der Waals surface area contributed by atoms with Crippen molar-refractivity contribution in [3.63, 3.8) is 0 Å². The minimum Gasteiger partial charge on any atom is -0.378 e. The molecule has 1 aliphatic rings. The van der Waals surface area contributed by atoms with Crippen LogP contribution < -0.4 is 10.6 Å². The lowest BCUT2D eigenvalue weighted by Gasteiger charge is -2.28. The molecule has 0 bridgehead atoms. The Kier molecular flexibility index (Phi) is 3.81. The summed E-state index contributed by atoms with van der Waals surface area (Å²) in [6.07, 6.45) is 3.27. The van der Waals surface area contributed by atoms with Crippen LogP contribution in [0.1, 0.15) is 12.6 Å². The molecule has 4 rings (SSSR count). The number of anilines is 2. The molecule has 0 spiro atoms. The van der Waals surface area contributed by atoms with Crippen LogP contribution in [0, 0.1) is 0 Å². The number of hydrogen-bond donors (Lipinski definition) is 1. The Balaban J connectivity index is 1.92. The van der Waals surface area contributed by atoms with Crippen LogP contribution >= 0.6 is 0 Å². The Hall–Kier alpha value is -3.00. The van der Waals surface area contributed by atoms with Crippen LogP contribution in [0.3, 0.4) is 0 Å². The lowest BCUT2D eigenvalue weighted by atomic mass is 10.2. The lowest BCUT2D eigenvalue weighted by Crippen LogP contribution is -2.37. The summed E-state index contributed by atoms with van der Waals surface area (Å²) >= 11 is 0. The summed E-state index contributed by atoms with van der Waals surface area (Å²) in [6.45, 7) is 8.96. The minimum absolute atomic E-state index is 0.224. The van der Waals surface area contributed by atoms with E-state index in [1.54, 1.807) is 12.4 Å². The first kappa shape index (κ1) is 15.5. The van der Waals surface area contributed by atoms with E-state index in [-0.39, 0.29) is 5.95 Å². The molecule has 1 saturated heterocycles. The summed E-state index contributed by atoms with van der Waals surface area (Å²) in [4.78, 5) is 15.1. The van der Waals surface area contributed by atoms with Crippen LogP contribution in [0.5, 0.6) is 0 Å². The number of hydrogen-bond acceptors (Lipinski definition) is 7. The smallest absolute Gasteiger partial charge is 0.219 e. The van der Waals surface area contributed by atoms with E-state index in [9.17, 15) is 0 Å². The van der Waals surface area contributed by atoms with Crippen LogP contribution in [0.25, 0.3) is 22.5 Å². The highest BCUT2D eigenvalue weighted by Gasteiger charge is 2.20. The van der Waals surface area contributed by atoms with Gasteiger partial charge in [0, 0.05) is 25.5 Å². The van der Waals surface area contributed by atoms with Crippen LogP contribution in [-0.4, -0.2) is 50.9 Å². The first-order valence-electron chi connectivity index (χ1n) is 8.10. The number of rotatable bonds is 3. The van der Waals surface area contributed by atoms with Gasteiger partial charge in [-0.25, -0.2) is 19.5 Å². The van der Waals surface area contributed by atoms with E-state index in [0.717, 1.165) is 35.7 Å². The van der Waals surface area contributed by atoms with Crippen molar-refractivity contribution in [2.75, 3.05) is 36.9 Å². The van der Waals surface area contributed by atoms with Gasteiger partial charge in [-0.15, -0.1) is 5.10 Å². The Morgan fingerprint density at radius 2 is 1.92 bits per heavy atom. The van der Waals surface area contributed by atoms with Gasteiger partial charge < -0.3 is 15.4 Å². The minimum atomic E-state index is 0.224. The molecule has 4 heterocycles. The van der Waals surface area contributed by atoms with E-state index >= 15 is 0 Å². The lowest BCUT2D eigenvalue weighted by molar-refractivity contribution is 0.122. The van der Waals surface area contributed by atoms with Crippen LogP contribution in [0.15, 0.2) is 31.1 Å². The second-order valence-electron chi connectivity index (χ2n) is 5.98. The van der Waals surface area contributed by atoms with E-state index < -0.39 is 0 Å². The maximum atomic E-state index is 5.59. The van der Waals surface area contributed by atoms with E-state index in [1.165, 1.54) is 0 Å². The van der Waals surface area contributed by atoms with Gasteiger partial charge in [-0.1, -0.05) is 6.58 Å². The molecule has 0 saturated carbocycles. The molecule has 3 aromatic heterocycles. The number of morpholine rings is 1. The number of nitrogen functional groups attached to an aromatic ring is 1. The fourth-order valence-electron chi connectivity index (χ4n) is 2.89. The Bertz CT molecular complexity index is 926. The summed E-state index contributed by atoms with van der Waals surface area (Å²) in [7, 11) is 0. The van der Waals surface area contributed by atoms with Crippen molar-refractivity contribution >= 4 is 22.9 Å². The van der Waals surface area contributed by atoms with Gasteiger partial charge in [0.05, 0.1) is 24.5 Å². The van der Waals surface area contributed by atoms with Crippen LogP contribution in [-0.2, 0) is 4.74 Å². The SMILES string of the molecule is C=C(C)c1ccc2c(N3CCOCC3)nc(-c3cnc(N)nc3)nn12. The zero-order chi connectivity index (χ0) is 17.4. The fourth-order valence-corrected chi connectivity index (χ4v) is 2.89. The molecule has 0 unspecified atom stereocenters. The standard InChI is InChI=1S/C17H19N7O/c1-11(2)13-3-4-14-16(23-5-7-25-8-6-23)21-15(22-24(13)14)12-9-19-17(18)20-10-12/h3-4,9-10H,1,5-8H2,2H3,(H2,18,19,20). The summed E-state index contributed by atoms with van der Waals surface area (Å²) < 4.78 is 7.35. The Morgan fingerprint density at radius 1 is 1.20 bits per heavy atom. The van der Waals surface area contributed by atoms with Crippen molar-refractivity contribution in [1.82, 2.24) is 24.6 Å². The first-order chi connectivity index (χ1) is 12.1. The van der Waals surface area contributed by atoms with Crippen LogP contribution in [0.4, 0.5) is 11.8 Å². The Labute approximate surface area is 145 Å². The molecule has 8 heteroatoms. The van der Waals surface area contributed by atoms with Crippen molar-refractivity contribution in [2.45, 2.75) is 6.92 Å². The summed E-state index contributed by atoms with van der Waals surface area (Å²) in [5.74, 6) is 1.65. The highest BCUT2D eigenvalue weighted by atomic mass is 16.5. The van der Waals surface area contributed by atoms with Crippen LogP contribution in [0.2, 0.25) is 0 Å². The van der Waals surface area contributed by atoms with Crippen molar-refractivity contribution in [3.05, 3.63) is 36.8 Å². The molecular weight excluding hydrogens is 318 g/mol. The normalized spacial score (nSPS) is 14.8. The maximum Gasteiger partial charge on any atom is 0.219 e. The Morgan fingerprint density at radius 3 is 2.60 bits per heavy atom. The van der Waals surface area contributed by atoms with Gasteiger partial charge in [-0.2, -0.15) is 0 Å². The van der Waals surface area contributed by atoms with Crippen molar-refractivity contribution < 1.29 is 4.74 Å². The van der Waals surface area contributed by atoms with E-state index in [0.29, 0.717) is 24.6 Å². The van der Waals surface area contributed by atoms with E-state index in [1.807, 2.05) is 23.6 Å². The van der Waals surface area contributed by atoms with Gasteiger partial charge in [0.15, 0.2) is 11.6 Å². The maximum absolute atomic E-state index is 5.59. The fraction of sp³-hybridized carbons (Fsp3) is 0.294. The van der Waals surface area contributed by atoms with Gasteiger partial charge in [-0.3, -0.25) is 0 Å². The topological polar surface area (TPSA) is 94.5 Å². The summed E-state index contributed by atoms with van der Waals surface area (Å²) in [5.41, 5.74) is 9.13. The molecule has 8 nitrogen and oxygen atoms in total. The van der Waals surface area contributed by atoms with Gasteiger partial charge >= 0.3 is 0 Å². The zero-order valence-electron chi connectivity index (χ0n) is 14.0. The second-order valence-corrected chi connectivity index (χ2v) is 5.98. The van der Waals surface area contributed by atoms with Gasteiger partial charge in [0.25, 0.3) is 0 Å². The predicted octanol–water partition coefficient (Wildman–Crippen LogP) is 1.64. The molecule has 1 aliphatic heterocycles. The van der Waals surface area contributed by atoms with Crippen molar-refractivity contribution in [3.8, 4) is 11.4 Å².